The molecule has 1 saturated heterocycles. The quantitative estimate of drug-likeness (QED) is 0.758. The third-order valence-electron chi connectivity index (χ3n) is 3.21. The van der Waals surface area contributed by atoms with Crippen molar-refractivity contribution in [2.45, 2.75) is 19.4 Å². The van der Waals surface area contributed by atoms with E-state index in [1.54, 1.807) is 6.07 Å². The molecule has 1 fully saturated rings. The van der Waals surface area contributed by atoms with Crippen LogP contribution in [0.4, 0.5) is 4.39 Å². The second-order valence-corrected chi connectivity index (χ2v) is 5.70. The number of rotatable bonds is 3. The first-order valence-corrected chi connectivity index (χ1v) is 7.41. The smallest absolute Gasteiger partial charge is 0.141 e. The summed E-state index contributed by atoms with van der Waals surface area (Å²) in [5.74, 6) is 0.395. The highest BCUT2D eigenvalue weighted by Gasteiger charge is 2.19. The van der Waals surface area contributed by atoms with E-state index in [2.05, 4.69) is 20.8 Å². The average Bonchev–Trinajstić information content (AvgIpc) is 2.34. The Kier molecular flexibility index (Phi) is 4.83. The van der Waals surface area contributed by atoms with Crippen LogP contribution in [-0.4, -0.2) is 23.3 Å². The molecule has 17 heavy (non-hydrogen) atoms. The van der Waals surface area contributed by atoms with E-state index < -0.39 is 0 Å². The lowest BCUT2D eigenvalue weighted by Crippen LogP contribution is -2.35. The number of benzene rings is 1. The highest BCUT2D eigenvalue weighted by Crippen LogP contribution is 2.22. The molecule has 1 nitrogen and oxygen atoms in total. The maximum absolute atomic E-state index is 13.0. The minimum Gasteiger partial charge on any atom is -0.299 e. The third kappa shape index (κ3) is 3.67. The van der Waals surface area contributed by atoms with E-state index in [1.807, 2.05) is 6.07 Å². The lowest BCUT2D eigenvalue weighted by Gasteiger charge is -2.31. The molecular weight excluding hydrogens is 305 g/mol. The van der Waals surface area contributed by atoms with Gasteiger partial charge in [0, 0.05) is 18.4 Å². The number of piperidine rings is 1. The monoisotopic (exact) mass is 319 g/mol. The van der Waals surface area contributed by atoms with Crippen molar-refractivity contribution < 1.29 is 4.39 Å². The minimum atomic E-state index is -0.340. The number of likely N-dealkylation sites (tertiary alicyclic amines) is 1. The molecule has 1 aromatic carbocycles. The highest BCUT2D eigenvalue weighted by atomic mass is 79.9. The van der Waals surface area contributed by atoms with Crippen molar-refractivity contribution in [3.05, 3.63) is 34.6 Å². The molecule has 1 atom stereocenters. The van der Waals surface area contributed by atoms with Gasteiger partial charge < -0.3 is 0 Å². The number of alkyl halides is 1. The van der Waals surface area contributed by atoms with Crippen LogP contribution in [-0.2, 0) is 6.54 Å². The van der Waals surface area contributed by atoms with Crippen molar-refractivity contribution in [3.63, 3.8) is 0 Å². The summed E-state index contributed by atoms with van der Waals surface area (Å²) in [5.41, 5.74) is 1.09. The van der Waals surface area contributed by atoms with Crippen LogP contribution < -0.4 is 0 Å². The van der Waals surface area contributed by atoms with E-state index >= 15 is 0 Å². The molecule has 0 spiro atoms. The van der Waals surface area contributed by atoms with Crippen LogP contribution in [0.25, 0.3) is 0 Å². The van der Waals surface area contributed by atoms with Gasteiger partial charge in [-0.3, -0.25) is 4.90 Å². The molecule has 0 saturated carbocycles. The summed E-state index contributed by atoms with van der Waals surface area (Å²) in [6.07, 6.45) is 2.54. The molecule has 0 amide bonds. The Morgan fingerprint density at radius 3 is 3.00 bits per heavy atom. The van der Waals surface area contributed by atoms with Crippen LogP contribution in [0.1, 0.15) is 18.4 Å². The van der Waals surface area contributed by atoms with Gasteiger partial charge in [0.15, 0.2) is 0 Å². The largest absolute Gasteiger partial charge is 0.299 e. The van der Waals surface area contributed by atoms with Gasteiger partial charge in [0.25, 0.3) is 0 Å². The van der Waals surface area contributed by atoms with Crippen LogP contribution >= 0.6 is 27.5 Å². The molecule has 0 aromatic heterocycles. The van der Waals surface area contributed by atoms with E-state index in [-0.39, 0.29) is 10.8 Å². The number of hydrogen-bond acceptors (Lipinski definition) is 1. The average molecular weight is 321 g/mol. The second kappa shape index (κ2) is 6.17. The summed E-state index contributed by atoms with van der Waals surface area (Å²) in [5, 5.41) is 1.28. The van der Waals surface area contributed by atoms with Crippen molar-refractivity contribution in [2.24, 2.45) is 5.92 Å². The fourth-order valence-electron chi connectivity index (χ4n) is 2.32. The molecule has 0 N–H and O–H groups in total. The van der Waals surface area contributed by atoms with Crippen molar-refractivity contribution >= 4 is 27.5 Å². The highest BCUT2D eigenvalue weighted by molar-refractivity contribution is 9.09. The maximum Gasteiger partial charge on any atom is 0.141 e. The molecule has 1 heterocycles. The van der Waals surface area contributed by atoms with E-state index in [4.69, 9.17) is 11.6 Å². The van der Waals surface area contributed by atoms with Crippen molar-refractivity contribution in [2.75, 3.05) is 18.4 Å². The van der Waals surface area contributed by atoms with Gasteiger partial charge in [0.2, 0.25) is 0 Å². The van der Waals surface area contributed by atoms with Gasteiger partial charge in [-0.25, -0.2) is 4.39 Å². The first-order chi connectivity index (χ1) is 8.19. The first kappa shape index (κ1) is 13.3. The number of hydrogen-bond donors (Lipinski definition) is 0. The molecule has 1 aliphatic heterocycles. The molecule has 94 valence electrons. The fourth-order valence-corrected chi connectivity index (χ4v) is 3.05. The molecule has 4 heteroatoms. The Morgan fingerprint density at radius 1 is 1.47 bits per heavy atom. The molecule has 0 radical (unpaired) electrons. The Hall–Kier alpha value is -0.120. The molecule has 1 aromatic rings. The zero-order valence-electron chi connectivity index (χ0n) is 9.63. The van der Waals surface area contributed by atoms with E-state index in [9.17, 15) is 4.39 Å². The van der Waals surface area contributed by atoms with Crippen molar-refractivity contribution in [3.8, 4) is 0 Å². The zero-order valence-corrected chi connectivity index (χ0v) is 12.0. The SMILES string of the molecule is Fc1ccc(CN2CCCC(CBr)C2)cc1Cl. The second-order valence-electron chi connectivity index (χ2n) is 4.65. The van der Waals surface area contributed by atoms with E-state index in [0.717, 1.165) is 36.4 Å². The predicted octanol–water partition coefficient (Wildman–Crippen LogP) is 4.09. The zero-order chi connectivity index (χ0) is 12.3. The van der Waals surface area contributed by atoms with Crippen LogP contribution in [0.15, 0.2) is 18.2 Å². The Morgan fingerprint density at radius 2 is 2.29 bits per heavy atom. The first-order valence-electron chi connectivity index (χ1n) is 5.91. The van der Waals surface area contributed by atoms with Gasteiger partial charge in [0.05, 0.1) is 5.02 Å². The lowest BCUT2D eigenvalue weighted by atomic mass is 10.00. The topological polar surface area (TPSA) is 3.24 Å². The normalized spacial score (nSPS) is 21.7. The van der Waals surface area contributed by atoms with Crippen LogP contribution in [0.3, 0.4) is 0 Å². The Labute approximate surface area is 115 Å². The summed E-state index contributed by atoms with van der Waals surface area (Å²) in [4.78, 5) is 2.42. The lowest BCUT2D eigenvalue weighted by molar-refractivity contribution is 0.179. The fraction of sp³-hybridized carbons (Fsp3) is 0.538. The molecule has 0 aliphatic carbocycles. The number of nitrogens with zero attached hydrogens (tertiary/aromatic N) is 1. The summed E-state index contributed by atoms with van der Waals surface area (Å²) in [6, 6.07) is 5.00. The Balaban J connectivity index is 1.97. The molecule has 0 bridgehead atoms. The van der Waals surface area contributed by atoms with E-state index in [0.29, 0.717) is 0 Å². The van der Waals surface area contributed by atoms with E-state index in [1.165, 1.54) is 18.9 Å². The van der Waals surface area contributed by atoms with Gasteiger partial charge >= 0.3 is 0 Å². The molecule has 1 aliphatic rings. The third-order valence-corrected chi connectivity index (χ3v) is 4.42. The maximum atomic E-state index is 13.0. The Bertz CT molecular complexity index is 386. The summed E-state index contributed by atoms with van der Waals surface area (Å²) < 4.78 is 13.0. The minimum absolute atomic E-state index is 0.219. The van der Waals surface area contributed by atoms with Gasteiger partial charge in [0.1, 0.15) is 5.82 Å². The van der Waals surface area contributed by atoms with Gasteiger partial charge in [-0.15, -0.1) is 0 Å². The molecule has 2 rings (SSSR count). The van der Waals surface area contributed by atoms with Gasteiger partial charge in [-0.05, 0) is 43.0 Å². The summed E-state index contributed by atoms with van der Waals surface area (Å²) >= 11 is 9.33. The van der Waals surface area contributed by atoms with Crippen molar-refractivity contribution in [1.82, 2.24) is 4.90 Å². The standard InChI is InChI=1S/C13H16BrClFN/c14-7-11-2-1-5-17(9-11)8-10-3-4-13(16)12(15)6-10/h3-4,6,11H,1-2,5,7-9H2. The number of halogens is 3. The van der Waals surface area contributed by atoms with Gasteiger partial charge in [-0.1, -0.05) is 33.6 Å². The predicted molar refractivity (Wildman–Crippen MR) is 73.2 cm³/mol. The summed E-state index contributed by atoms with van der Waals surface area (Å²) in [7, 11) is 0. The molecular formula is C13H16BrClFN. The molecule has 1 unspecified atom stereocenters. The van der Waals surface area contributed by atoms with Crippen LogP contribution in [0.2, 0.25) is 5.02 Å². The summed E-state index contributed by atoms with van der Waals surface area (Å²) in [6.45, 7) is 3.10. The van der Waals surface area contributed by atoms with Crippen LogP contribution in [0.5, 0.6) is 0 Å². The van der Waals surface area contributed by atoms with Crippen LogP contribution in [0, 0.1) is 11.7 Å². The van der Waals surface area contributed by atoms with Crippen molar-refractivity contribution in [1.29, 1.82) is 0 Å². The van der Waals surface area contributed by atoms with Gasteiger partial charge in [-0.2, -0.15) is 0 Å².